The monoisotopic (exact) mass is 304 g/mol. The van der Waals surface area contributed by atoms with Crippen molar-refractivity contribution in [2.75, 3.05) is 0 Å². The first-order chi connectivity index (χ1) is 11.4. The molecule has 7 saturated carbocycles. The Balaban J connectivity index is 1.46. The summed E-state index contributed by atoms with van der Waals surface area (Å²) >= 11 is 0. The Labute approximate surface area is 137 Å². The summed E-state index contributed by atoms with van der Waals surface area (Å²) in [6, 6.07) is 0. The first-order valence-corrected chi connectivity index (χ1v) is 10.8. The number of hydrogen-bond acceptors (Lipinski definition) is 1. The number of ether oxygens (including phenoxy) is 1. The van der Waals surface area contributed by atoms with Crippen molar-refractivity contribution in [2.45, 2.75) is 49.7 Å². The maximum absolute atomic E-state index is 7.14. The zero-order valence-electron chi connectivity index (χ0n) is 13.6. The van der Waals surface area contributed by atoms with E-state index < -0.39 is 0 Å². The zero-order chi connectivity index (χ0) is 14.0. The van der Waals surface area contributed by atoms with Crippen molar-refractivity contribution in [3.8, 4) is 0 Å². The molecule has 2 unspecified atom stereocenters. The van der Waals surface area contributed by atoms with Crippen molar-refractivity contribution in [3.05, 3.63) is 11.1 Å². The highest BCUT2D eigenvalue weighted by molar-refractivity contribution is 5.53. The third-order valence-electron chi connectivity index (χ3n) is 12.2. The van der Waals surface area contributed by atoms with E-state index in [1.165, 1.54) is 0 Å². The summed E-state index contributed by atoms with van der Waals surface area (Å²) in [6.45, 7) is 0. The van der Waals surface area contributed by atoms with Gasteiger partial charge in [-0.2, -0.15) is 0 Å². The minimum Gasteiger partial charge on any atom is -0.361 e. The fourth-order valence-corrected chi connectivity index (χ4v) is 12.9. The summed E-state index contributed by atoms with van der Waals surface area (Å²) in [5, 5.41) is 0. The van der Waals surface area contributed by atoms with Gasteiger partial charge in [-0.3, -0.25) is 0 Å². The Morgan fingerprint density at radius 2 is 1.13 bits per heavy atom. The van der Waals surface area contributed by atoms with Crippen LogP contribution in [0.4, 0.5) is 0 Å². The Kier molecular flexibility index (Phi) is 1.17. The lowest BCUT2D eigenvalue weighted by Crippen LogP contribution is -2.65. The second-order valence-corrected chi connectivity index (χ2v) is 11.4. The van der Waals surface area contributed by atoms with E-state index in [1.807, 2.05) is 0 Å². The van der Waals surface area contributed by atoms with E-state index >= 15 is 0 Å². The Hall–Kier alpha value is -0.300. The van der Waals surface area contributed by atoms with E-state index in [0.717, 1.165) is 71.0 Å². The van der Waals surface area contributed by atoms with E-state index in [4.69, 9.17) is 4.74 Å². The standard InChI is InChI=1S/C22H24O/c1-2-8-16-10-6-14-20-13-5-9(17(10)20)15(16)7(1)18-11-3-4-12(19(8)18)22(14)21(11,13)23-22/h7-14,17-20H,1-6H2/t7-,8+,9-,10+,11-,12+,13-,14+,17?,18-,19+,20?,21+,22-. The zero-order valence-corrected chi connectivity index (χ0v) is 13.6. The van der Waals surface area contributed by atoms with Crippen LogP contribution in [0, 0.1) is 71.0 Å². The molecule has 23 heavy (non-hydrogen) atoms. The van der Waals surface area contributed by atoms with Crippen LogP contribution in [0.1, 0.15) is 38.5 Å². The summed E-state index contributed by atoms with van der Waals surface area (Å²) in [6.07, 6.45) is 9.40. The molecule has 0 spiro atoms. The molecule has 0 amide bonds. The van der Waals surface area contributed by atoms with Crippen LogP contribution >= 0.6 is 0 Å². The van der Waals surface area contributed by atoms with Gasteiger partial charge in [0.05, 0.1) is 0 Å². The molecule has 4 bridgehead atoms. The molecule has 118 valence electrons. The van der Waals surface area contributed by atoms with Crippen LogP contribution in [-0.2, 0) is 4.74 Å². The number of epoxide rings is 1. The molecule has 1 saturated heterocycles. The van der Waals surface area contributed by atoms with Gasteiger partial charge in [0.15, 0.2) is 0 Å². The Morgan fingerprint density at radius 3 is 1.70 bits per heavy atom. The van der Waals surface area contributed by atoms with Crippen LogP contribution in [0.25, 0.3) is 0 Å². The summed E-state index contributed by atoms with van der Waals surface area (Å²) < 4.78 is 7.14. The van der Waals surface area contributed by atoms with E-state index in [1.54, 1.807) is 38.5 Å². The highest BCUT2D eigenvalue weighted by Gasteiger charge is 2.96. The molecule has 1 nitrogen and oxygen atoms in total. The number of rotatable bonds is 0. The minimum absolute atomic E-state index is 0.449. The van der Waals surface area contributed by atoms with Crippen molar-refractivity contribution in [3.63, 3.8) is 0 Å². The third-order valence-corrected chi connectivity index (χ3v) is 12.2. The fourth-order valence-electron chi connectivity index (χ4n) is 12.9. The summed E-state index contributed by atoms with van der Waals surface area (Å²) in [5.74, 6) is 12.6. The molecule has 0 N–H and O–H groups in total. The van der Waals surface area contributed by atoms with Gasteiger partial charge in [-0.1, -0.05) is 11.1 Å². The Bertz CT molecular complexity index is 734. The lowest BCUT2D eigenvalue weighted by atomic mass is 9.37. The highest BCUT2D eigenvalue weighted by atomic mass is 16.6. The molecule has 8 fully saturated rings. The van der Waals surface area contributed by atoms with Gasteiger partial charge in [0, 0.05) is 0 Å². The molecule has 0 aromatic heterocycles. The first kappa shape index (κ1) is 10.6. The van der Waals surface area contributed by atoms with Gasteiger partial charge in [0.2, 0.25) is 0 Å². The molecule has 0 aromatic rings. The maximum Gasteiger partial charge on any atom is 0.105 e. The highest BCUT2D eigenvalue weighted by Crippen LogP contribution is 2.93. The number of allylic oxidation sites excluding steroid dienone is 2. The van der Waals surface area contributed by atoms with Gasteiger partial charge in [-0.15, -0.1) is 0 Å². The topological polar surface area (TPSA) is 12.5 Å². The largest absolute Gasteiger partial charge is 0.361 e. The van der Waals surface area contributed by atoms with Gasteiger partial charge in [0.25, 0.3) is 0 Å². The van der Waals surface area contributed by atoms with Crippen LogP contribution in [0.5, 0.6) is 0 Å². The molecule has 1 heterocycles. The molecular weight excluding hydrogens is 280 g/mol. The van der Waals surface area contributed by atoms with E-state index in [9.17, 15) is 0 Å². The molecule has 11 rings (SSSR count). The normalized spacial score (nSPS) is 83.5. The lowest BCUT2D eigenvalue weighted by Gasteiger charge is -2.65. The first-order valence-electron chi connectivity index (χ1n) is 10.8. The van der Waals surface area contributed by atoms with Crippen molar-refractivity contribution < 1.29 is 4.74 Å². The average molecular weight is 304 g/mol. The van der Waals surface area contributed by atoms with Crippen molar-refractivity contribution in [1.82, 2.24) is 0 Å². The van der Waals surface area contributed by atoms with Crippen LogP contribution in [-0.4, -0.2) is 11.2 Å². The second-order valence-electron chi connectivity index (χ2n) is 11.4. The van der Waals surface area contributed by atoms with Gasteiger partial charge in [0.1, 0.15) is 11.2 Å². The lowest BCUT2D eigenvalue weighted by molar-refractivity contribution is -0.105. The molecule has 1 heteroatoms. The predicted octanol–water partition coefficient (Wildman–Crippen LogP) is 3.65. The van der Waals surface area contributed by atoms with Crippen LogP contribution < -0.4 is 0 Å². The summed E-state index contributed by atoms with van der Waals surface area (Å²) in [4.78, 5) is 0. The van der Waals surface area contributed by atoms with Crippen LogP contribution in [0.15, 0.2) is 11.1 Å². The molecule has 14 atom stereocenters. The molecule has 0 aromatic carbocycles. The van der Waals surface area contributed by atoms with Gasteiger partial charge < -0.3 is 4.74 Å². The fraction of sp³-hybridized carbons (Fsp3) is 0.909. The van der Waals surface area contributed by atoms with Gasteiger partial charge in [-0.05, 0) is 110 Å². The third kappa shape index (κ3) is 0.640. The number of fused-ring (bicyclic) bond motifs is 2. The van der Waals surface area contributed by atoms with Crippen LogP contribution in [0.2, 0.25) is 0 Å². The van der Waals surface area contributed by atoms with Crippen molar-refractivity contribution in [1.29, 1.82) is 0 Å². The molecule has 1 aliphatic heterocycles. The Morgan fingerprint density at radius 1 is 0.565 bits per heavy atom. The van der Waals surface area contributed by atoms with Gasteiger partial charge >= 0.3 is 0 Å². The molecule has 10 aliphatic carbocycles. The van der Waals surface area contributed by atoms with Crippen LogP contribution in [0.3, 0.4) is 0 Å². The summed E-state index contributed by atoms with van der Waals surface area (Å²) in [7, 11) is 0. The smallest absolute Gasteiger partial charge is 0.105 e. The van der Waals surface area contributed by atoms with Crippen molar-refractivity contribution >= 4 is 0 Å². The van der Waals surface area contributed by atoms with E-state index in [0.29, 0.717) is 11.2 Å². The van der Waals surface area contributed by atoms with Gasteiger partial charge in [-0.25, -0.2) is 0 Å². The molecule has 0 radical (unpaired) electrons. The quantitative estimate of drug-likeness (QED) is 0.491. The summed E-state index contributed by atoms with van der Waals surface area (Å²) in [5.41, 5.74) is 5.17. The SMILES string of the molecule is C1C[C@H]2C3=C4[C@H]5C[C@@H]6C7C5[C@H]3C[C@@H]7[C@@]35O[C@@]63[C@@H]3CC[C@H]5[C@H]2[C@@H]3[C@H]14. The van der Waals surface area contributed by atoms with Crippen molar-refractivity contribution in [2.24, 2.45) is 71.0 Å². The maximum atomic E-state index is 7.14. The second kappa shape index (κ2) is 2.52. The van der Waals surface area contributed by atoms with E-state index in [-0.39, 0.29) is 0 Å². The minimum atomic E-state index is 0.449. The van der Waals surface area contributed by atoms with E-state index in [2.05, 4.69) is 11.1 Å². The predicted molar refractivity (Wildman–Crippen MR) is 83.2 cm³/mol. The average Bonchev–Trinajstić information content (AvgIpc) is 2.86. The molecular formula is C22H24O. The molecule has 11 aliphatic rings. The number of hydrogen-bond donors (Lipinski definition) is 0.